The molecule has 0 bridgehead atoms. The second kappa shape index (κ2) is 5.82. The average molecular weight is 364 g/mol. The van der Waals surface area contributed by atoms with Gasteiger partial charge in [-0.1, -0.05) is 40.2 Å². The molecular weight excluding hydrogens is 348 g/mol. The standard InChI is InChI=1S/C17H16BrClN2/c1-11-4-3-5-15-17(11)21(16(10-19)20-15)12(2)13-6-8-14(18)9-7-13/h3-9,12H,10H2,1-2H3. The fourth-order valence-corrected chi connectivity index (χ4v) is 3.22. The van der Waals surface area contributed by atoms with Crippen LogP contribution in [0.5, 0.6) is 0 Å². The minimum absolute atomic E-state index is 0.193. The molecule has 0 aliphatic carbocycles. The van der Waals surface area contributed by atoms with Crippen molar-refractivity contribution in [1.82, 2.24) is 9.55 Å². The van der Waals surface area contributed by atoms with Gasteiger partial charge in [0.15, 0.2) is 0 Å². The van der Waals surface area contributed by atoms with E-state index < -0.39 is 0 Å². The summed E-state index contributed by atoms with van der Waals surface area (Å²) < 4.78 is 3.34. The lowest BCUT2D eigenvalue weighted by atomic mass is 10.1. The first kappa shape index (κ1) is 14.6. The Morgan fingerprint density at radius 2 is 1.90 bits per heavy atom. The zero-order valence-electron chi connectivity index (χ0n) is 12.0. The van der Waals surface area contributed by atoms with Gasteiger partial charge < -0.3 is 4.57 Å². The van der Waals surface area contributed by atoms with E-state index in [1.54, 1.807) is 0 Å². The van der Waals surface area contributed by atoms with Gasteiger partial charge in [-0.15, -0.1) is 11.6 Å². The number of hydrogen-bond donors (Lipinski definition) is 0. The van der Waals surface area contributed by atoms with Crippen LogP contribution in [0.4, 0.5) is 0 Å². The minimum atomic E-state index is 0.193. The maximum atomic E-state index is 6.12. The van der Waals surface area contributed by atoms with Crippen LogP contribution in [0.15, 0.2) is 46.9 Å². The van der Waals surface area contributed by atoms with Crippen LogP contribution >= 0.6 is 27.5 Å². The van der Waals surface area contributed by atoms with Crippen LogP contribution in [0.25, 0.3) is 11.0 Å². The zero-order chi connectivity index (χ0) is 15.0. The lowest BCUT2D eigenvalue weighted by Crippen LogP contribution is -2.10. The third-order valence-electron chi connectivity index (χ3n) is 3.84. The predicted molar refractivity (Wildman–Crippen MR) is 92.0 cm³/mol. The van der Waals surface area contributed by atoms with E-state index in [1.807, 2.05) is 12.1 Å². The molecule has 1 aromatic heterocycles. The number of rotatable bonds is 3. The van der Waals surface area contributed by atoms with Crippen LogP contribution in [-0.4, -0.2) is 9.55 Å². The molecule has 0 aliphatic rings. The molecule has 0 N–H and O–H groups in total. The first-order valence-electron chi connectivity index (χ1n) is 6.89. The summed E-state index contributed by atoms with van der Waals surface area (Å²) >= 11 is 9.60. The Morgan fingerprint density at radius 3 is 2.57 bits per heavy atom. The van der Waals surface area contributed by atoms with Gasteiger partial charge in [0.2, 0.25) is 0 Å². The molecule has 1 heterocycles. The topological polar surface area (TPSA) is 17.8 Å². The Bertz CT molecular complexity index is 777. The highest BCUT2D eigenvalue weighted by atomic mass is 79.9. The molecule has 0 saturated carbocycles. The summed E-state index contributed by atoms with van der Waals surface area (Å²) in [5.41, 5.74) is 4.64. The molecule has 21 heavy (non-hydrogen) atoms. The van der Waals surface area contributed by atoms with Gasteiger partial charge in [0.25, 0.3) is 0 Å². The molecule has 0 amide bonds. The van der Waals surface area contributed by atoms with E-state index in [9.17, 15) is 0 Å². The average Bonchev–Trinajstić information content (AvgIpc) is 2.87. The predicted octanol–water partition coefficient (Wildman–Crippen LogP) is 5.46. The van der Waals surface area contributed by atoms with Gasteiger partial charge in [-0.25, -0.2) is 4.98 Å². The molecule has 0 aliphatic heterocycles. The zero-order valence-corrected chi connectivity index (χ0v) is 14.3. The Balaban J connectivity index is 2.20. The molecule has 4 heteroatoms. The van der Waals surface area contributed by atoms with Gasteiger partial charge in [-0.3, -0.25) is 0 Å². The van der Waals surface area contributed by atoms with Gasteiger partial charge in [0.1, 0.15) is 5.82 Å². The molecule has 0 spiro atoms. The van der Waals surface area contributed by atoms with Crippen LogP contribution in [0.1, 0.15) is 29.9 Å². The second-order valence-corrected chi connectivity index (χ2v) is 6.38. The Hall–Kier alpha value is -1.32. The van der Waals surface area contributed by atoms with Crippen LogP contribution in [-0.2, 0) is 5.88 Å². The number of para-hydroxylation sites is 1. The van der Waals surface area contributed by atoms with Crippen molar-refractivity contribution < 1.29 is 0 Å². The lowest BCUT2D eigenvalue weighted by molar-refractivity contribution is 0.633. The van der Waals surface area contributed by atoms with Crippen molar-refractivity contribution in [3.63, 3.8) is 0 Å². The van der Waals surface area contributed by atoms with Crippen molar-refractivity contribution >= 4 is 38.6 Å². The molecular formula is C17H16BrClN2. The number of halogens is 2. The van der Waals surface area contributed by atoms with E-state index in [-0.39, 0.29) is 6.04 Å². The first-order valence-corrected chi connectivity index (χ1v) is 8.22. The van der Waals surface area contributed by atoms with E-state index >= 15 is 0 Å². The van der Waals surface area contributed by atoms with Crippen LogP contribution < -0.4 is 0 Å². The molecule has 1 atom stereocenters. The fourth-order valence-electron chi connectivity index (χ4n) is 2.77. The Labute approximate surface area is 137 Å². The highest BCUT2D eigenvalue weighted by molar-refractivity contribution is 9.10. The minimum Gasteiger partial charge on any atom is -0.319 e. The number of imidazole rings is 1. The van der Waals surface area contributed by atoms with Crippen molar-refractivity contribution in [1.29, 1.82) is 0 Å². The first-order chi connectivity index (χ1) is 10.1. The van der Waals surface area contributed by atoms with Crippen LogP contribution in [0.2, 0.25) is 0 Å². The number of fused-ring (bicyclic) bond motifs is 1. The third kappa shape index (κ3) is 2.60. The molecule has 1 unspecified atom stereocenters. The third-order valence-corrected chi connectivity index (χ3v) is 4.61. The van der Waals surface area contributed by atoms with E-state index in [4.69, 9.17) is 11.6 Å². The maximum absolute atomic E-state index is 6.12. The van der Waals surface area contributed by atoms with Gasteiger partial charge in [0, 0.05) is 4.47 Å². The molecule has 3 aromatic rings. The highest BCUT2D eigenvalue weighted by Crippen LogP contribution is 2.29. The number of benzene rings is 2. The molecule has 3 rings (SSSR count). The van der Waals surface area contributed by atoms with Crippen LogP contribution in [0.3, 0.4) is 0 Å². The summed E-state index contributed by atoms with van der Waals surface area (Å²) in [4.78, 5) is 4.68. The maximum Gasteiger partial charge on any atom is 0.125 e. The number of nitrogens with zero attached hydrogens (tertiary/aromatic N) is 2. The van der Waals surface area contributed by atoms with E-state index in [1.165, 1.54) is 16.6 Å². The highest BCUT2D eigenvalue weighted by Gasteiger charge is 2.17. The molecule has 0 fully saturated rings. The lowest BCUT2D eigenvalue weighted by Gasteiger charge is -2.18. The normalized spacial score (nSPS) is 12.8. The number of hydrogen-bond acceptors (Lipinski definition) is 1. The summed E-state index contributed by atoms with van der Waals surface area (Å²) in [6.45, 7) is 4.31. The molecule has 0 radical (unpaired) electrons. The molecule has 108 valence electrons. The fraction of sp³-hybridized carbons (Fsp3) is 0.235. The van der Waals surface area contributed by atoms with Crippen molar-refractivity contribution in [2.45, 2.75) is 25.8 Å². The summed E-state index contributed by atoms with van der Waals surface area (Å²) in [5, 5.41) is 0. The van der Waals surface area contributed by atoms with Gasteiger partial charge >= 0.3 is 0 Å². The summed E-state index contributed by atoms with van der Waals surface area (Å²) in [6.07, 6.45) is 0. The smallest absolute Gasteiger partial charge is 0.125 e. The largest absolute Gasteiger partial charge is 0.319 e. The monoisotopic (exact) mass is 362 g/mol. The molecule has 2 nitrogen and oxygen atoms in total. The number of alkyl halides is 1. The Morgan fingerprint density at radius 1 is 1.19 bits per heavy atom. The summed E-state index contributed by atoms with van der Waals surface area (Å²) in [5.74, 6) is 1.33. The van der Waals surface area contributed by atoms with Crippen molar-refractivity contribution in [2.75, 3.05) is 0 Å². The SMILES string of the molecule is Cc1cccc2nc(CCl)n(C(C)c3ccc(Br)cc3)c12. The van der Waals surface area contributed by atoms with Crippen molar-refractivity contribution in [2.24, 2.45) is 0 Å². The van der Waals surface area contributed by atoms with E-state index in [2.05, 4.69) is 69.7 Å². The summed E-state index contributed by atoms with van der Waals surface area (Å²) in [6, 6.07) is 14.8. The van der Waals surface area contributed by atoms with Gasteiger partial charge in [0.05, 0.1) is 23.0 Å². The quantitative estimate of drug-likeness (QED) is 0.565. The van der Waals surface area contributed by atoms with Gasteiger partial charge in [-0.2, -0.15) is 0 Å². The summed E-state index contributed by atoms with van der Waals surface area (Å²) in [7, 11) is 0. The van der Waals surface area contributed by atoms with Crippen molar-refractivity contribution in [3.8, 4) is 0 Å². The molecule has 0 saturated heterocycles. The van der Waals surface area contributed by atoms with E-state index in [0.717, 1.165) is 15.8 Å². The molecule has 2 aromatic carbocycles. The van der Waals surface area contributed by atoms with Crippen molar-refractivity contribution in [3.05, 3.63) is 63.9 Å². The number of aryl methyl sites for hydroxylation is 1. The van der Waals surface area contributed by atoms with Crippen LogP contribution in [0, 0.1) is 6.92 Å². The Kier molecular flexibility index (Phi) is 4.05. The second-order valence-electron chi connectivity index (χ2n) is 5.20. The van der Waals surface area contributed by atoms with E-state index in [0.29, 0.717) is 5.88 Å². The van der Waals surface area contributed by atoms with Gasteiger partial charge in [-0.05, 0) is 43.2 Å². The number of aromatic nitrogens is 2.